The average molecular weight is 410 g/mol. The minimum atomic E-state index is -3.69. The SMILES string of the molecule is C[C@H](C(=O)Nc1ccccc1)N(c1ccc(Oc2ccccc2)cc1)S(C)(=O)=O. The van der Waals surface area contributed by atoms with Crippen LogP contribution in [0.15, 0.2) is 84.9 Å². The Labute approximate surface area is 170 Å². The maximum absolute atomic E-state index is 12.6. The molecule has 0 aliphatic carbocycles. The Bertz CT molecular complexity index is 1050. The average Bonchev–Trinajstić information content (AvgIpc) is 2.70. The first-order chi connectivity index (χ1) is 13.8. The minimum Gasteiger partial charge on any atom is -0.457 e. The van der Waals surface area contributed by atoms with Gasteiger partial charge in [-0.1, -0.05) is 36.4 Å². The van der Waals surface area contributed by atoms with Gasteiger partial charge in [-0.2, -0.15) is 0 Å². The Hall–Kier alpha value is -3.32. The standard InChI is InChI=1S/C22H22N2O4S/c1-17(22(25)23-18-9-5-3-6-10-18)24(29(2,26)27)19-13-15-21(16-14-19)28-20-11-7-4-8-12-20/h3-17H,1-2H3,(H,23,25)/t17-/m1/s1. The minimum absolute atomic E-state index is 0.378. The smallest absolute Gasteiger partial charge is 0.247 e. The van der Waals surface area contributed by atoms with Gasteiger partial charge in [0.1, 0.15) is 17.5 Å². The fourth-order valence-electron chi connectivity index (χ4n) is 2.86. The fourth-order valence-corrected chi connectivity index (χ4v) is 4.04. The molecule has 0 aliphatic rings. The molecule has 0 saturated carbocycles. The fraction of sp³-hybridized carbons (Fsp3) is 0.136. The van der Waals surface area contributed by atoms with Crippen molar-refractivity contribution in [2.24, 2.45) is 0 Å². The highest BCUT2D eigenvalue weighted by Gasteiger charge is 2.29. The molecule has 0 spiro atoms. The summed E-state index contributed by atoms with van der Waals surface area (Å²) in [5.74, 6) is 0.817. The van der Waals surface area contributed by atoms with Crippen LogP contribution in [0, 0.1) is 0 Å². The molecule has 0 aliphatic heterocycles. The van der Waals surface area contributed by atoms with Crippen LogP contribution in [-0.4, -0.2) is 26.6 Å². The van der Waals surface area contributed by atoms with Crippen molar-refractivity contribution in [3.8, 4) is 11.5 Å². The molecule has 29 heavy (non-hydrogen) atoms. The molecular weight excluding hydrogens is 388 g/mol. The molecule has 0 saturated heterocycles. The quantitative estimate of drug-likeness (QED) is 0.631. The number of rotatable bonds is 7. The van der Waals surface area contributed by atoms with Crippen molar-refractivity contribution in [2.75, 3.05) is 15.9 Å². The highest BCUT2D eigenvalue weighted by Crippen LogP contribution is 2.27. The van der Waals surface area contributed by atoms with Gasteiger partial charge in [0.05, 0.1) is 11.9 Å². The molecule has 0 unspecified atom stereocenters. The van der Waals surface area contributed by atoms with Crippen LogP contribution in [0.4, 0.5) is 11.4 Å². The molecule has 0 radical (unpaired) electrons. The summed E-state index contributed by atoms with van der Waals surface area (Å²) >= 11 is 0. The van der Waals surface area contributed by atoms with Crippen LogP contribution < -0.4 is 14.4 Å². The van der Waals surface area contributed by atoms with Gasteiger partial charge in [0, 0.05) is 5.69 Å². The molecule has 150 valence electrons. The van der Waals surface area contributed by atoms with Gasteiger partial charge in [-0.05, 0) is 55.5 Å². The lowest BCUT2D eigenvalue weighted by Gasteiger charge is -2.28. The molecule has 6 nitrogen and oxygen atoms in total. The summed E-state index contributed by atoms with van der Waals surface area (Å²) in [6.45, 7) is 1.55. The van der Waals surface area contributed by atoms with Crippen LogP contribution in [0.2, 0.25) is 0 Å². The number of para-hydroxylation sites is 2. The predicted octanol–water partition coefficient (Wildman–Crippen LogP) is 4.27. The number of amides is 1. The van der Waals surface area contributed by atoms with E-state index in [2.05, 4.69) is 5.32 Å². The van der Waals surface area contributed by atoms with E-state index >= 15 is 0 Å². The van der Waals surface area contributed by atoms with Crippen molar-refractivity contribution in [3.63, 3.8) is 0 Å². The number of ether oxygens (including phenoxy) is 1. The van der Waals surface area contributed by atoms with Crippen LogP contribution in [0.1, 0.15) is 6.92 Å². The van der Waals surface area contributed by atoms with Gasteiger partial charge in [0.25, 0.3) is 0 Å². The number of benzene rings is 3. The zero-order valence-electron chi connectivity index (χ0n) is 16.1. The van der Waals surface area contributed by atoms with Crippen molar-refractivity contribution in [1.29, 1.82) is 0 Å². The molecule has 1 N–H and O–H groups in total. The van der Waals surface area contributed by atoms with Gasteiger partial charge in [-0.25, -0.2) is 8.42 Å². The van der Waals surface area contributed by atoms with Crippen LogP contribution in [0.25, 0.3) is 0 Å². The summed E-state index contributed by atoms with van der Waals surface area (Å²) in [5.41, 5.74) is 0.980. The van der Waals surface area contributed by atoms with E-state index in [-0.39, 0.29) is 0 Å². The molecule has 3 aromatic rings. The molecule has 0 aromatic heterocycles. The van der Waals surface area contributed by atoms with E-state index in [1.54, 1.807) is 55.5 Å². The largest absolute Gasteiger partial charge is 0.457 e. The number of anilines is 2. The third kappa shape index (κ3) is 5.36. The summed E-state index contributed by atoms with van der Waals surface area (Å²) in [6.07, 6.45) is 1.08. The van der Waals surface area contributed by atoms with E-state index in [0.717, 1.165) is 10.6 Å². The second-order valence-electron chi connectivity index (χ2n) is 6.50. The zero-order chi connectivity index (χ0) is 20.9. The number of carbonyl (C=O) groups excluding carboxylic acids is 1. The number of hydrogen-bond acceptors (Lipinski definition) is 4. The van der Waals surface area contributed by atoms with Crippen LogP contribution in [0.3, 0.4) is 0 Å². The third-order valence-electron chi connectivity index (χ3n) is 4.20. The van der Waals surface area contributed by atoms with Crippen LogP contribution in [-0.2, 0) is 14.8 Å². The number of nitrogens with one attached hydrogen (secondary N) is 1. The Morgan fingerprint density at radius 3 is 1.93 bits per heavy atom. The lowest BCUT2D eigenvalue weighted by Crippen LogP contribution is -2.45. The summed E-state index contributed by atoms with van der Waals surface area (Å²) in [7, 11) is -3.69. The lowest BCUT2D eigenvalue weighted by molar-refractivity contribution is -0.116. The molecule has 0 fully saturated rings. The van der Waals surface area contributed by atoms with Gasteiger partial charge < -0.3 is 10.1 Å². The first-order valence-electron chi connectivity index (χ1n) is 9.03. The second kappa shape index (κ2) is 8.79. The highest BCUT2D eigenvalue weighted by atomic mass is 32.2. The second-order valence-corrected chi connectivity index (χ2v) is 8.36. The topological polar surface area (TPSA) is 75.7 Å². The maximum Gasteiger partial charge on any atom is 0.247 e. The van der Waals surface area contributed by atoms with Gasteiger partial charge >= 0.3 is 0 Å². The summed E-state index contributed by atoms with van der Waals surface area (Å²) in [6, 6.07) is 23.8. The molecule has 1 atom stereocenters. The first kappa shape index (κ1) is 20.4. The summed E-state index contributed by atoms with van der Waals surface area (Å²) < 4.78 is 31.7. The van der Waals surface area contributed by atoms with E-state index in [1.807, 2.05) is 36.4 Å². The first-order valence-corrected chi connectivity index (χ1v) is 10.9. The number of sulfonamides is 1. The molecule has 0 bridgehead atoms. The zero-order valence-corrected chi connectivity index (χ0v) is 17.0. The van der Waals surface area contributed by atoms with Crippen LogP contribution in [0.5, 0.6) is 11.5 Å². The third-order valence-corrected chi connectivity index (χ3v) is 5.44. The summed E-state index contributed by atoms with van der Waals surface area (Å²) in [5, 5.41) is 2.74. The van der Waals surface area contributed by atoms with Crippen molar-refractivity contribution < 1.29 is 17.9 Å². The molecule has 1 amide bonds. The molecule has 3 aromatic carbocycles. The van der Waals surface area contributed by atoms with Gasteiger partial charge in [-0.3, -0.25) is 9.10 Å². The number of hydrogen-bond donors (Lipinski definition) is 1. The number of carbonyl (C=O) groups is 1. The molecule has 7 heteroatoms. The number of nitrogens with zero attached hydrogens (tertiary/aromatic N) is 1. The Balaban J connectivity index is 1.80. The molecule has 3 rings (SSSR count). The van der Waals surface area contributed by atoms with Gasteiger partial charge in [-0.15, -0.1) is 0 Å². The van der Waals surface area contributed by atoms with E-state index in [1.165, 1.54) is 0 Å². The Morgan fingerprint density at radius 2 is 1.38 bits per heavy atom. The maximum atomic E-state index is 12.6. The van der Waals surface area contributed by atoms with Gasteiger partial charge in [0.15, 0.2) is 0 Å². The van der Waals surface area contributed by atoms with E-state index in [9.17, 15) is 13.2 Å². The van der Waals surface area contributed by atoms with Crippen molar-refractivity contribution >= 4 is 27.3 Å². The van der Waals surface area contributed by atoms with E-state index in [0.29, 0.717) is 22.9 Å². The highest BCUT2D eigenvalue weighted by molar-refractivity contribution is 7.92. The van der Waals surface area contributed by atoms with Crippen molar-refractivity contribution in [1.82, 2.24) is 0 Å². The Kier molecular flexibility index (Phi) is 6.19. The van der Waals surface area contributed by atoms with Crippen molar-refractivity contribution in [3.05, 3.63) is 84.9 Å². The van der Waals surface area contributed by atoms with Crippen molar-refractivity contribution in [2.45, 2.75) is 13.0 Å². The predicted molar refractivity (Wildman–Crippen MR) is 115 cm³/mol. The van der Waals surface area contributed by atoms with Crippen LogP contribution >= 0.6 is 0 Å². The monoisotopic (exact) mass is 410 g/mol. The molecular formula is C22H22N2O4S. The lowest BCUT2D eigenvalue weighted by atomic mass is 10.2. The normalized spacial score (nSPS) is 12.1. The molecule has 0 heterocycles. The van der Waals surface area contributed by atoms with Gasteiger partial charge in [0.2, 0.25) is 15.9 Å². The van der Waals surface area contributed by atoms with E-state index < -0.39 is 22.0 Å². The summed E-state index contributed by atoms with van der Waals surface area (Å²) in [4.78, 5) is 12.6. The Morgan fingerprint density at radius 1 is 0.862 bits per heavy atom. The van der Waals surface area contributed by atoms with E-state index in [4.69, 9.17) is 4.74 Å².